The number of hydrogen-bond donors (Lipinski definition) is 2. The number of carbonyl (C=O) groups excluding carboxylic acids is 1. The van der Waals surface area contributed by atoms with E-state index in [1.54, 1.807) is 69.2 Å². The zero-order valence-corrected chi connectivity index (χ0v) is 27.2. The third-order valence-electron chi connectivity index (χ3n) is 8.36. The Kier molecular flexibility index (Phi) is 8.04. The number of methoxy groups -OCH3 is 1. The van der Waals surface area contributed by atoms with Crippen LogP contribution in [0.4, 0.5) is 5.69 Å². The minimum atomic E-state index is -4.08. The average Bonchev–Trinajstić information content (AvgIpc) is 3.35. The summed E-state index contributed by atoms with van der Waals surface area (Å²) < 4.78 is 42.8. The lowest BCUT2D eigenvalue weighted by atomic mass is 9.86. The molecule has 0 aliphatic carbocycles. The van der Waals surface area contributed by atoms with Gasteiger partial charge in [-0.25, -0.2) is 13.1 Å². The molecule has 4 aromatic rings. The highest BCUT2D eigenvalue weighted by Crippen LogP contribution is 2.42. The highest BCUT2D eigenvalue weighted by Gasteiger charge is 2.45. The Morgan fingerprint density at radius 3 is 2.57 bits per heavy atom. The number of nitrogens with one attached hydrogen (secondary N) is 1. The number of rotatable bonds is 6. The summed E-state index contributed by atoms with van der Waals surface area (Å²) in [5.41, 5.74) is 1.32. The van der Waals surface area contributed by atoms with Crippen molar-refractivity contribution in [3.05, 3.63) is 82.4 Å². The normalized spacial score (nSPS) is 19.9. The SMILES string of the molecule is COc1cccc(N2CCN(C(=O)c3ccc4c(c3)C(NS(=O)(=O)c3sc5ccc(Cl)cc5c3C)C(O)C(C)(C)O4)CC2)c1. The molecule has 44 heavy (non-hydrogen) atoms. The molecular weight excluding hydrogens is 622 g/mol. The summed E-state index contributed by atoms with van der Waals surface area (Å²) in [5.74, 6) is 1.02. The molecule has 0 spiro atoms. The van der Waals surface area contributed by atoms with Gasteiger partial charge < -0.3 is 24.4 Å². The van der Waals surface area contributed by atoms with E-state index in [4.69, 9.17) is 21.1 Å². The van der Waals surface area contributed by atoms with Crippen molar-refractivity contribution in [2.24, 2.45) is 0 Å². The van der Waals surface area contributed by atoms with E-state index >= 15 is 0 Å². The summed E-state index contributed by atoms with van der Waals surface area (Å²) in [4.78, 5) is 17.7. The Morgan fingerprint density at radius 1 is 1.09 bits per heavy atom. The molecule has 3 heterocycles. The van der Waals surface area contributed by atoms with Crippen molar-refractivity contribution >= 4 is 54.6 Å². The fourth-order valence-corrected chi connectivity index (χ4v) is 9.02. The topological polar surface area (TPSA) is 108 Å². The Hall–Kier alpha value is -3.35. The van der Waals surface area contributed by atoms with Gasteiger partial charge in [-0.1, -0.05) is 17.7 Å². The molecule has 2 unspecified atom stereocenters. The van der Waals surface area contributed by atoms with Gasteiger partial charge in [0, 0.05) is 58.8 Å². The first-order chi connectivity index (χ1) is 20.9. The third kappa shape index (κ3) is 5.63. The van der Waals surface area contributed by atoms with Gasteiger partial charge >= 0.3 is 0 Å². The summed E-state index contributed by atoms with van der Waals surface area (Å²) >= 11 is 7.32. The highest BCUT2D eigenvalue weighted by molar-refractivity contribution is 7.91. The molecule has 2 atom stereocenters. The van der Waals surface area contributed by atoms with Crippen molar-refractivity contribution < 1.29 is 27.8 Å². The monoisotopic (exact) mass is 655 g/mol. The number of thiophene rings is 1. The molecule has 1 aromatic heterocycles. The van der Waals surface area contributed by atoms with Gasteiger partial charge in [0.1, 0.15) is 27.4 Å². The number of sulfonamides is 1. The molecule has 6 rings (SSSR count). The van der Waals surface area contributed by atoms with Crippen LogP contribution >= 0.6 is 22.9 Å². The number of amides is 1. The summed E-state index contributed by atoms with van der Waals surface area (Å²) in [6.45, 7) is 7.50. The van der Waals surface area contributed by atoms with Gasteiger partial charge in [0.2, 0.25) is 0 Å². The van der Waals surface area contributed by atoms with Crippen molar-refractivity contribution in [3.63, 3.8) is 0 Å². The maximum absolute atomic E-state index is 13.8. The largest absolute Gasteiger partial charge is 0.497 e. The predicted molar refractivity (Wildman–Crippen MR) is 173 cm³/mol. The van der Waals surface area contributed by atoms with Crippen molar-refractivity contribution in [3.8, 4) is 11.5 Å². The number of ether oxygens (including phenoxy) is 2. The summed E-state index contributed by atoms with van der Waals surface area (Å²) in [5, 5.41) is 12.7. The number of aryl methyl sites for hydroxylation is 1. The lowest BCUT2D eigenvalue weighted by Crippen LogP contribution is -2.53. The quantitative estimate of drug-likeness (QED) is 0.287. The van der Waals surface area contributed by atoms with Crippen LogP contribution in [0.25, 0.3) is 10.1 Å². The molecule has 2 aliphatic rings. The summed E-state index contributed by atoms with van der Waals surface area (Å²) in [6, 6.07) is 17.1. The second kappa shape index (κ2) is 11.5. The molecular formula is C32H34ClN3O6S2. The molecule has 1 saturated heterocycles. The van der Waals surface area contributed by atoms with E-state index in [1.807, 2.05) is 24.3 Å². The van der Waals surface area contributed by atoms with Crippen molar-refractivity contribution in [2.75, 3.05) is 38.2 Å². The molecule has 1 fully saturated rings. The molecule has 3 aromatic carbocycles. The number of aliphatic hydroxyl groups excluding tert-OH is 1. The number of halogens is 1. The molecule has 2 N–H and O–H groups in total. The number of nitrogens with zero attached hydrogens (tertiary/aromatic N) is 2. The second-order valence-electron chi connectivity index (χ2n) is 11.6. The Balaban J connectivity index is 1.26. The molecule has 232 valence electrons. The van der Waals surface area contributed by atoms with Crippen LogP contribution in [0, 0.1) is 6.92 Å². The van der Waals surface area contributed by atoms with E-state index in [1.165, 1.54) is 0 Å². The van der Waals surface area contributed by atoms with Crippen LogP contribution < -0.4 is 19.1 Å². The van der Waals surface area contributed by atoms with Crippen LogP contribution in [0.2, 0.25) is 5.02 Å². The van der Waals surface area contributed by atoms with E-state index < -0.39 is 27.8 Å². The zero-order valence-electron chi connectivity index (χ0n) is 24.8. The van der Waals surface area contributed by atoms with E-state index in [0.717, 1.165) is 32.9 Å². The molecule has 9 nitrogen and oxygen atoms in total. The number of anilines is 1. The predicted octanol–water partition coefficient (Wildman–Crippen LogP) is 5.39. The first-order valence-corrected chi connectivity index (χ1v) is 17.0. The third-order valence-corrected chi connectivity index (χ3v) is 11.9. The lowest BCUT2D eigenvalue weighted by Gasteiger charge is -2.42. The Bertz CT molecular complexity index is 1850. The van der Waals surface area contributed by atoms with E-state index in [-0.39, 0.29) is 10.1 Å². The molecule has 0 radical (unpaired) electrons. The fraction of sp³-hybridized carbons (Fsp3) is 0.344. The van der Waals surface area contributed by atoms with Gasteiger partial charge in [-0.3, -0.25) is 4.79 Å². The van der Waals surface area contributed by atoms with Crippen molar-refractivity contribution in [1.82, 2.24) is 9.62 Å². The molecule has 0 bridgehead atoms. The maximum atomic E-state index is 13.8. The van der Waals surface area contributed by atoms with Gasteiger partial charge in [-0.2, -0.15) is 0 Å². The maximum Gasteiger partial charge on any atom is 0.253 e. The fourth-order valence-electron chi connectivity index (χ4n) is 5.87. The van der Waals surface area contributed by atoms with Gasteiger partial charge in [-0.15, -0.1) is 11.3 Å². The van der Waals surface area contributed by atoms with E-state index in [9.17, 15) is 18.3 Å². The average molecular weight is 656 g/mol. The van der Waals surface area contributed by atoms with Crippen LogP contribution in [0.5, 0.6) is 11.5 Å². The van der Waals surface area contributed by atoms with Gasteiger partial charge in [0.15, 0.2) is 0 Å². The van der Waals surface area contributed by atoms with Crippen LogP contribution in [0.1, 0.15) is 41.4 Å². The summed E-state index contributed by atoms with van der Waals surface area (Å²) in [6.07, 6.45) is -1.23. The van der Waals surface area contributed by atoms with Crippen molar-refractivity contribution in [2.45, 2.75) is 42.7 Å². The minimum absolute atomic E-state index is 0.147. The smallest absolute Gasteiger partial charge is 0.253 e. The van der Waals surface area contributed by atoms with Crippen LogP contribution in [0.15, 0.2) is 64.9 Å². The van der Waals surface area contributed by atoms with Crippen molar-refractivity contribution in [1.29, 1.82) is 0 Å². The first kappa shape index (κ1) is 30.7. The number of fused-ring (bicyclic) bond motifs is 2. The minimum Gasteiger partial charge on any atom is -0.497 e. The Morgan fingerprint density at radius 2 is 1.84 bits per heavy atom. The number of hydrogen-bond acceptors (Lipinski definition) is 8. The van der Waals surface area contributed by atoms with Crippen LogP contribution in [-0.2, 0) is 10.0 Å². The zero-order chi connectivity index (χ0) is 31.4. The summed E-state index contributed by atoms with van der Waals surface area (Å²) in [7, 11) is -2.45. The van der Waals surface area contributed by atoms with Gasteiger partial charge in [0.25, 0.3) is 15.9 Å². The number of carbonyl (C=O) groups is 1. The molecule has 1 amide bonds. The second-order valence-corrected chi connectivity index (χ2v) is 15.0. The number of aliphatic hydroxyl groups is 1. The van der Waals surface area contributed by atoms with Crippen LogP contribution in [0.3, 0.4) is 0 Å². The highest BCUT2D eigenvalue weighted by atomic mass is 35.5. The lowest BCUT2D eigenvalue weighted by molar-refractivity contribution is -0.0603. The van der Waals surface area contributed by atoms with E-state index in [0.29, 0.717) is 53.6 Å². The number of benzene rings is 3. The molecule has 12 heteroatoms. The molecule has 0 saturated carbocycles. The molecule has 2 aliphatic heterocycles. The number of piperazine rings is 1. The standard InChI is InChI=1S/C32H34ClN3O6S2/c1-19-24-17-21(33)9-11-27(24)43-31(19)44(39,40)34-28-25-16-20(8-10-26(25)42-32(2,3)29(28)37)30(38)36-14-12-35(13-15-36)22-6-5-7-23(18-22)41-4/h5-11,16-18,28-29,34,37H,12-15H2,1-4H3. The first-order valence-electron chi connectivity index (χ1n) is 14.3. The van der Waals surface area contributed by atoms with Gasteiger partial charge in [0.05, 0.1) is 13.2 Å². The Labute approximate surface area is 266 Å². The van der Waals surface area contributed by atoms with Gasteiger partial charge in [-0.05, 0) is 80.3 Å². The van der Waals surface area contributed by atoms with E-state index in [2.05, 4.69) is 9.62 Å². The van der Waals surface area contributed by atoms with Crippen LogP contribution in [-0.4, -0.2) is 69.3 Å².